The van der Waals surface area contributed by atoms with Gasteiger partial charge >= 0.3 is 0 Å². The van der Waals surface area contributed by atoms with E-state index in [0.29, 0.717) is 13.0 Å². The number of H-pyrrole nitrogens is 1. The maximum Gasteiger partial charge on any atom is 0.264 e. The predicted octanol–water partition coefficient (Wildman–Crippen LogP) is 0.0161. The Labute approximate surface area is 147 Å². The van der Waals surface area contributed by atoms with Crippen LogP contribution in [0, 0.1) is 0 Å². The minimum absolute atomic E-state index is 0. The van der Waals surface area contributed by atoms with Crippen LogP contribution >= 0.6 is 12.4 Å². The average molecular weight is 357 g/mol. The molecule has 1 aromatic heterocycles. The van der Waals surface area contributed by atoms with Crippen molar-refractivity contribution in [2.75, 3.05) is 39.3 Å². The Morgan fingerprint density at radius 3 is 2.67 bits per heavy atom. The molecule has 7 nitrogen and oxygen atoms in total. The fraction of sp³-hybridized carbons (Fsp3) is 0.625. The van der Waals surface area contributed by atoms with Crippen LogP contribution in [0.4, 0.5) is 0 Å². The molecule has 0 radical (unpaired) electrons. The third-order valence-electron chi connectivity index (χ3n) is 4.63. The third kappa shape index (κ3) is 4.09. The number of halogens is 1. The summed E-state index contributed by atoms with van der Waals surface area (Å²) >= 11 is 0. The minimum Gasteiger partial charge on any atom is -0.507 e. The fourth-order valence-electron chi connectivity index (χ4n) is 3.32. The Kier molecular flexibility index (Phi) is 6.65. The van der Waals surface area contributed by atoms with E-state index in [2.05, 4.69) is 20.5 Å². The van der Waals surface area contributed by atoms with Gasteiger partial charge in [-0.3, -0.25) is 14.5 Å². The van der Waals surface area contributed by atoms with Crippen LogP contribution in [0.5, 0.6) is 5.75 Å². The molecule has 3 rings (SSSR count). The summed E-state index contributed by atoms with van der Waals surface area (Å²) in [5.41, 5.74) is 0.855. The van der Waals surface area contributed by atoms with Gasteiger partial charge in [-0.2, -0.15) is 0 Å². The topological polar surface area (TPSA) is 97.5 Å². The predicted molar refractivity (Wildman–Crippen MR) is 94.3 cm³/mol. The van der Waals surface area contributed by atoms with E-state index in [0.717, 1.165) is 63.2 Å². The molecule has 0 unspecified atom stereocenters. The molecule has 4 N–H and O–H groups in total. The van der Waals surface area contributed by atoms with Crippen molar-refractivity contribution >= 4 is 18.3 Å². The van der Waals surface area contributed by atoms with E-state index < -0.39 is 11.5 Å². The summed E-state index contributed by atoms with van der Waals surface area (Å²) in [6.07, 6.45) is 3.43. The minimum atomic E-state index is -0.497. The van der Waals surface area contributed by atoms with Crippen LogP contribution in [0.25, 0.3) is 0 Å². The molecular formula is C16H25ClN4O3. The molecule has 1 fully saturated rings. The van der Waals surface area contributed by atoms with Gasteiger partial charge in [0.05, 0.1) is 0 Å². The number of aryl methyl sites for hydroxylation is 1. The number of rotatable bonds is 4. The van der Waals surface area contributed by atoms with Gasteiger partial charge in [-0.15, -0.1) is 12.4 Å². The monoisotopic (exact) mass is 356 g/mol. The Balaban J connectivity index is 0.00000208. The molecule has 0 bridgehead atoms. The second kappa shape index (κ2) is 8.50. The highest BCUT2D eigenvalue weighted by atomic mass is 35.5. The van der Waals surface area contributed by atoms with Crippen molar-refractivity contribution in [3.63, 3.8) is 0 Å². The third-order valence-corrected chi connectivity index (χ3v) is 4.63. The summed E-state index contributed by atoms with van der Waals surface area (Å²) in [6.45, 7) is 5.05. The maximum absolute atomic E-state index is 12.3. The zero-order valence-corrected chi connectivity index (χ0v) is 14.5. The number of nitrogens with zero attached hydrogens (tertiary/aromatic N) is 1. The van der Waals surface area contributed by atoms with Gasteiger partial charge in [0.25, 0.3) is 11.5 Å². The first-order valence-corrected chi connectivity index (χ1v) is 8.35. The zero-order valence-electron chi connectivity index (χ0n) is 13.7. The lowest BCUT2D eigenvalue weighted by atomic mass is 9.93. The first kappa shape index (κ1) is 18.8. The van der Waals surface area contributed by atoms with Gasteiger partial charge in [-0.1, -0.05) is 0 Å². The standard InChI is InChI=1S/C16H24N4O3.ClH/c21-14-11-3-1-2-4-12(11)19-16(23)13(14)15(22)18-7-10-20-8-5-17-6-9-20;/h17H,1-10H2,(H,18,22)(H2,19,21,23);1H. The summed E-state index contributed by atoms with van der Waals surface area (Å²) in [5, 5.41) is 16.4. The molecule has 2 aliphatic rings. The van der Waals surface area contributed by atoms with Crippen molar-refractivity contribution < 1.29 is 9.90 Å². The van der Waals surface area contributed by atoms with E-state index in [1.165, 1.54) is 0 Å². The SMILES string of the molecule is Cl.O=C(NCCN1CCNCC1)c1c(O)c2c([nH]c1=O)CCCC2. The Morgan fingerprint density at radius 1 is 1.21 bits per heavy atom. The van der Waals surface area contributed by atoms with E-state index in [4.69, 9.17) is 0 Å². The molecule has 0 atom stereocenters. The number of fused-ring (bicyclic) bond motifs is 1. The number of aromatic nitrogens is 1. The molecule has 0 spiro atoms. The molecule has 1 aliphatic carbocycles. The van der Waals surface area contributed by atoms with E-state index >= 15 is 0 Å². The number of carbonyl (C=O) groups is 1. The summed E-state index contributed by atoms with van der Waals surface area (Å²) in [7, 11) is 0. The fourth-order valence-corrected chi connectivity index (χ4v) is 3.32. The van der Waals surface area contributed by atoms with Crippen molar-refractivity contribution in [3.05, 3.63) is 27.2 Å². The zero-order chi connectivity index (χ0) is 16.2. The van der Waals surface area contributed by atoms with Crippen molar-refractivity contribution in [1.82, 2.24) is 20.5 Å². The molecule has 8 heteroatoms. The first-order valence-electron chi connectivity index (χ1n) is 8.35. The van der Waals surface area contributed by atoms with Crippen LogP contribution in [-0.2, 0) is 12.8 Å². The summed E-state index contributed by atoms with van der Waals surface area (Å²) in [5.74, 6) is -0.629. The maximum atomic E-state index is 12.3. The molecule has 1 amide bonds. The number of aromatic hydroxyl groups is 1. The van der Waals surface area contributed by atoms with Gasteiger partial charge in [0.1, 0.15) is 11.3 Å². The number of hydrogen-bond acceptors (Lipinski definition) is 5. The largest absolute Gasteiger partial charge is 0.507 e. The first-order chi connectivity index (χ1) is 11.2. The van der Waals surface area contributed by atoms with Gasteiger partial charge in [0.15, 0.2) is 0 Å². The van der Waals surface area contributed by atoms with E-state index in [9.17, 15) is 14.7 Å². The lowest BCUT2D eigenvalue weighted by Gasteiger charge is -2.27. The van der Waals surface area contributed by atoms with Crippen molar-refractivity contribution in [3.8, 4) is 5.75 Å². The van der Waals surface area contributed by atoms with E-state index in [-0.39, 0.29) is 23.7 Å². The Morgan fingerprint density at radius 2 is 1.92 bits per heavy atom. The molecule has 0 aromatic carbocycles. The summed E-state index contributed by atoms with van der Waals surface area (Å²) in [6, 6.07) is 0. The second-order valence-electron chi connectivity index (χ2n) is 6.19. The molecular weight excluding hydrogens is 332 g/mol. The Hall–Kier alpha value is -1.57. The molecule has 1 saturated heterocycles. The number of pyridine rings is 1. The van der Waals surface area contributed by atoms with Crippen molar-refractivity contribution in [2.45, 2.75) is 25.7 Å². The number of piperazine rings is 1. The normalized spacial score (nSPS) is 17.7. The molecule has 24 heavy (non-hydrogen) atoms. The van der Waals surface area contributed by atoms with Crippen LogP contribution in [-0.4, -0.2) is 60.2 Å². The highest BCUT2D eigenvalue weighted by molar-refractivity contribution is 5.96. The van der Waals surface area contributed by atoms with Gasteiger partial charge in [0.2, 0.25) is 0 Å². The lowest BCUT2D eigenvalue weighted by molar-refractivity contribution is 0.0942. The van der Waals surface area contributed by atoms with Gasteiger partial charge in [0, 0.05) is 50.5 Å². The number of hydrogen-bond donors (Lipinski definition) is 4. The Bertz CT molecular complexity index is 641. The van der Waals surface area contributed by atoms with Crippen molar-refractivity contribution in [1.29, 1.82) is 0 Å². The highest BCUT2D eigenvalue weighted by Gasteiger charge is 2.23. The number of carbonyl (C=O) groups excluding carboxylic acids is 1. The van der Waals surface area contributed by atoms with Crippen LogP contribution < -0.4 is 16.2 Å². The van der Waals surface area contributed by atoms with Crippen LogP contribution in [0.1, 0.15) is 34.5 Å². The molecule has 1 aromatic rings. The van der Waals surface area contributed by atoms with Gasteiger partial charge < -0.3 is 20.7 Å². The number of aromatic amines is 1. The molecule has 2 heterocycles. The van der Waals surface area contributed by atoms with Crippen LogP contribution in [0.3, 0.4) is 0 Å². The van der Waals surface area contributed by atoms with Crippen LogP contribution in [0.2, 0.25) is 0 Å². The smallest absolute Gasteiger partial charge is 0.264 e. The van der Waals surface area contributed by atoms with E-state index in [1.807, 2.05) is 0 Å². The quantitative estimate of drug-likeness (QED) is 0.609. The lowest BCUT2D eigenvalue weighted by Crippen LogP contribution is -2.46. The summed E-state index contributed by atoms with van der Waals surface area (Å²) in [4.78, 5) is 29.4. The van der Waals surface area contributed by atoms with Gasteiger partial charge in [-0.05, 0) is 25.7 Å². The summed E-state index contributed by atoms with van der Waals surface area (Å²) < 4.78 is 0. The second-order valence-corrected chi connectivity index (χ2v) is 6.19. The molecule has 1 aliphatic heterocycles. The van der Waals surface area contributed by atoms with Crippen LogP contribution in [0.15, 0.2) is 4.79 Å². The number of nitrogens with one attached hydrogen (secondary N) is 3. The van der Waals surface area contributed by atoms with Crippen molar-refractivity contribution in [2.24, 2.45) is 0 Å². The number of amides is 1. The average Bonchev–Trinajstić information content (AvgIpc) is 2.56. The van der Waals surface area contributed by atoms with Gasteiger partial charge in [-0.25, -0.2) is 0 Å². The highest BCUT2D eigenvalue weighted by Crippen LogP contribution is 2.28. The van der Waals surface area contributed by atoms with E-state index in [1.54, 1.807) is 0 Å². The molecule has 0 saturated carbocycles. The molecule has 134 valence electrons.